The Balaban J connectivity index is 1.68. The average Bonchev–Trinajstić information content (AvgIpc) is 3.23. The molecule has 0 aliphatic carbocycles. The third kappa shape index (κ3) is 4.56. The summed E-state index contributed by atoms with van der Waals surface area (Å²) in [5.41, 5.74) is 1.88. The number of benzene rings is 3. The molecule has 162 valence electrons. The van der Waals surface area contributed by atoms with Gasteiger partial charge in [-0.15, -0.1) is 10.2 Å². The van der Waals surface area contributed by atoms with Gasteiger partial charge in [0.25, 0.3) is 0 Å². The maximum atomic E-state index is 12.6. The highest BCUT2D eigenvalue weighted by molar-refractivity contribution is 7.99. The lowest BCUT2D eigenvalue weighted by molar-refractivity contribution is 0.102. The molecule has 7 nitrogen and oxygen atoms in total. The van der Waals surface area contributed by atoms with Gasteiger partial charge in [-0.05, 0) is 54.6 Å². The fourth-order valence-electron chi connectivity index (χ4n) is 3.05. The number of ketones is 1. The highest BCUT2D eigenvalue weighted by atomic mass is 35.5. The molecule has 0 aliphatic rings. The summed E-state index contributed by atoms with van der Waals surface area (Å²) in [7, 11) is 1.59. The number of phenols is 2. The number of thioether (sulfide) groups is 1. The van der Waals surface area contributed by atoms with Crippen LogP contribution >= 0.6 is 23.4 Å². The number of aromatic hydroxyl groups is 2. The number of methoxy groups -OCH3 is 1. The van der Waals surface area contributed by atoms with E-state index in [4.69, 9.17) is 16.3 Å². The van der Waals surface area contributed by atoms with Crippen LogP contribution in [-0.4, -0.2) is 43.6 Å². The van der Waals surface area contributed by atoms with Gasteiger partial charge in [-0.2, -0.15) is 0 Å². The van der Waals surface area contributed by atoms with E-state index in [0.717, 1.165) is 11.3 Å². The number of halogens is 1. The van der Waals surface area contributed by atoms with Crippen molar-refractivity contribution in [1.82, 2.24) is 14.8 Å². The highest BCUT2D eigenvalue weighted by Gasteiger charge is 2.18. The minimum Gasteiger partial charge on any atom is -0.504 e. The number of phenolic OH excluding ortho intramolecular Hbond substituents is 2. The Labute approximate surface area is 193 Å². The van der Waals surface area contributed by atoms with Crippen molar-refractivity contribution >= 4 is 29.1 Å². The molecule has 0 aliphatic heterocycles. The molecule has 32 heavy (non-hydrogen) atoms. The van der Waals surface area contributed by atoms with Crippen LogP contribution in [0.1, 0.15) is 10.4 Å². The van der Waals surface area contributed by atoms with Crippen LogP contribution in [0.15, 0.2) is 71.9 Å². The molecule has 0 saturated heterocycles. The highest BCUT2D eigenvalue weighted by Crippen LogP contribution is 2.31. The summed E-state index contributed by atoms with van der Waals surface area (Å²) in [5, 5.41) is 28.9. The van der Waals surface area contributed by atoms with Gasteiger partial charge < -0.3 is 14.9 Å². The monoisotopic (exact) mass is 467 g/mol. The van der Waals surface area contributed by atoms with E-state index in [0.29, 0.717) is 27.3 Å². The van der Waals surface area contributed by atoms with Gasteiger partial charge in [0.2, 0.25) is 0 Å². The molecule has 4 aromatic rings. The van der Waals surface area contributed by atoms with Gasteiger partial charge in [0.05, 0.1) is 12.9 Å². The van der Waals surface area contributed by atoms with Crippen molar-refractivity contribution in [1.29, 1.82) is 0 Å². The fourth-order valence-corrected chi connectivity index (χ4v) is 4.02. The fraction of sp³-hybridized carbons (Fsp3) is 0.0870. The molecule has 0 atom stereocenters. The van der Waals surface area contributed by atoms with Gasteiger partial charge in [0, 0.05) is 21.8 Å². The number of aromatic nitrogens is 3. The van der Waals surface area contributed by atoms with Gasteiger partial charge in [-0.1, -0.05) is 35.5 Å². The number of nitrogens with zero attached hydrogens (tertiary/aromatic N) is 3. The molecule has 4 rings (SSSR count). The zero-order chi connectivity index (χ0) is 22.7. The van der Waals surface area contributed by atoms with Crippen LogP contribution in [0.25, 0.3) is 17.1 Å². The molecule has 1 heterocycles. The minimum atomic E-state index is -0.342. The van der Waals surface area contributed by atoms with Gasteiger partial charge >= 0.3 is 0 Å². The Hall–Kier alpha value is -3.49. The molecule has 0 fully saturated rings. The second-order valence-corrected chi connectivity index (χ2v) is 8.14. The summed E-state index contributed by atoms with van der Waals surface area (Å²) < 4.78 is 7.17. The molecule has 0 amide bonds. The Bertz CT molecular complexity index is 1270. The van der Waals surface area contributed by atoms with E-state index in [1.54, 1.807) is 19.2 Å². The van der Waals surface area contributed by atoms with Crippen molar-refractivity contribution in [3.63, 3.8) is 0 Å². The normalized spacial score (nSPS) is 10.8. The SMILES string of the molecule is COc1cccc(-c2nnc(SCC(=O)c3ccc(O)c(O)c3)n2-c2ccc(Cl)cc2)c1. The molecular weight excluding hydrogens is 450 g/mol. The summed E-state index contributed by atoms with van der Waals surface area (Å²) >= 11 is 7.27. The topological polar surface area (TPSA) is 97.5 Å². The Kier molecular flexibility index (Phi) is 6.34. The maximum absolute atomic E-state index is 12.6. The number of carbonyl (C=O) groups excluding carboxylic acids is 1. The van der Waals surface area contributed by atoms with Gasteiger partial charge in [-0.3, -0.25) is 9.36 Å². The second-order valence-electron chi connectivity index (χ2n) is 6.77. The molecule has 0 unspecified atom stereocenters. The van der Waals surface area contributed by atoms with Gasteiger partial charge in [-0.25, -0.2) is 0 Å². The summed E-state index contributed by atoms with van der Waals surface area (Å²) in [5.74, 6) is 0.491. The largest absolute Gasteiger partial charge is 0.504 e. The van der Waals surface area contributed by atoms with Crippen LogP contribution < -0.4 is 4.74 Å². The number of ether oxygens (including phenoxy) is 1. The number of hydrogen-bond donors (Lipinski definition) is 2. The Morgan fingerprint density at radius 1 is 1.03 bits per heavy atom. The van der Waals surface area contributed by atoms with Crippen molar-refractivity contribution in [3.05, 3.63) is 77.3 Å². The standard InChI is InChI=1S/C23H18ClN3O4S/c1-31-18-4-2-3-15(11-18)22-25-26-23(27(22)17-8-6-16(24)7-9-17)32-13-21(30)14-5-10-19(28)20(29)12-14/h2-12,28-29H,13H2,1H3. The summed E-state index contributed by atoms with van der Waals surface area (Å²) in [6.45, 7) is 0. The zero-order valence-electron chi connectivity index (χ0n) is 16.9. The number of Topliss-reactive ketones (excluding diaryl/α,β-unsaturated/α-hetero) is 1. The van der Waals surface area contributed by atoms with Crippen LogP contribution in [0.4, 0.5) is 0 Å². The average molecular weight is 468 g/mol. The lowest BCUT2D eigenvalue weighted by Crippen LogP contribution is -2.05. The molecule has 3 aromatic carbocycles. The molecule has 0 bridgehead atoms. The Morgan fingerprint density at radius 2 is 1.81 bits per heavy atom. The molecule has 0 radical (unpaired) electrons. The number of hydrogen-bond acceptors (Lipinski definition) is 7. The predicted molar refractivity (Wildman–Crippen MR) is 123 cm³/mol. The van der Waals surface area contributed by atoms with Crippen LogP contribution in [-0.2, 0) is 0 Å². The zero-order valence-corrected chi connectivity index (χ0v) is 18.5. The first-order valence-corrected chi connectivity index (χ1v) is 10.9. The van der Waals surface area contributed by atoms with E-state index in [9.17, 15) is 15.0 Å². The van der Waals surface area contributed by atoms with E-state index in [2.05, 4.69) is 10.2 Å². The molecule has 0 saturated carbocycles. The lowest BCUT2D eigenvalue weighted by atomic mass is 10.1. The number of carbonyl (C=O) groups is 1. The van der Waals surface area contributed by atoms with E-state index in [1.165, 1.54) is 30.0 Å². The third-order valence-electron chi connectivity index (χ3n) is 4.68. The van der Waals surface area contributed by atoms with Crippen molar-refractivity contribution in [2.24, 2.45) is 0 Å². The quantitative estimate of drug-likeness (QED) is 0.224. The smallest absolute Gasteiger partial charge is 0.196 e. The molecule has 1 aromatic heterocycles. The molecular formula is C23H18ClN3O4S. The molecule has 0 spiro atoms. The van der Waals surface area contributed by atoms with Crippen LogP contribution in [0, 0.1) is 0 Å². The lowest BCUT2D eigenvalue weighted by Gasteiger charge is -2.11. The van der Waals surface area contributed by atoms with Crippen LogP contribution in [0.2, 0.25) is 5.02 Å². The van der Waals surface area contributed by atoms with Crippen molar-refractivity contribution in [3.8, 4) is 34.3 Å². The van der Waals surface area contributed by atoms with Crippen molar-refractivity contribution in [2.45, 2.75) is 5.16 Å². The predicted octanol–water partition coefficient (Wildman–Crippen LogP) is 4.98. The second kappa shape index (κ2) is 9.33. The van der Waals surface area contributed by atoms with E-state index < -0.39 is 0 Å². The van der Waals surface area contributed by atoms with E-state index in [1.807, 2.05) is 41.0 Å². The first kappa shape index (κ1) is 21.7. The first-order chi connectivity index (χ1) is 15.5. The summed E-state index contributed by atoms with van der Waals surface area (Å²) in [4.78, 5) is 12.6. The Morgan fingerprint density at radius 3 is 2.53 bits per heavy atom. The third-order valence-corrected chi connectivity index (χ3v) is 5.86. The van der Waals surface area contributed by atoms with Crippen LogP contribution in [0.5, 0.6) is 17.2 Å². The van der Waals surface area contributed by atoms with Gasteiger partial charge in [0.15, 0.2) is 28.3 Å². The van der Waals surface area contributed by atoms with Crippen molar-refractivity contribution in [2.75, 3.05) is 12.9 Å². The minimum absolute atomic E-state index is 0.0635. The maximum Gasteiger partial charge on any atom is 0.196 e. The van der Waals surface area contributed by atoms with Gasteiger partial charge in [0.1, 0.15) is 5.75 Å². The summed E-state index contributed by atoms with van der Waals surface area (Å²) in [6, 6.07) is 18.7. The van der Waals surface area contributed by atoms with E-state index >= 15 is 0 Å². The molecule has 2 N–H and O–H groups in total. The number of rotatable bonds is 7. The molecule has 9 heteroatoms. The van der Waals surface area contributed by atoms with Crippen LogP contribution in [0.3, 0.4) is 0 Å². The first-order valence-electron chi connectivity index (χ1n) is 9.50. The summed E-state index contributed by atoms with van der Waals surface area (Å²) in [6.07, 6.45) is 0. The van der Waals surface area contributed by atoms with Crippen molar-refractivity contribution < 1.29 is 19.7 Å². The van der Waals surface area contributed by atoms with E-state index in [-0.39, 0.29) is 23.0 Å².